The van der Waals surface area contributed by atoms with E-state index in [2.05, 4.69) is 20.9 Å². The first-order valence-corrected chi connectivity index (χ1v) is 7.46. The van der Waals surface area contributed by atoms with Crippen molar-refractivity contribution in [2.24, 2.45) is 12.0 Å². The molecule has 0 bridgehead atoms. The van der Waals surface area contributed by atoms with Crippen molar-refractivity contribution < 1.29 is 9.50 Å². The van der Waals surface area contributed by atoms with Crippen LogP contribution in [0.4, 0.5) is 4.39 Å². The van der Waals surface area contributed by atoms with Crippen LogP contribution in [-0.4, -0.2) is 41.2 Å². The second-order valence-electron chi connectivity index (χ2n) is 5.46. The Balaban J connectivity index is 0.00000288. The first-order valence-electron chi connectivity index (χ1n) is 7.46. The fraction of sp³-hybridized carbons (Fsp3) is 0.353. The molecule has 0 fully saturated rings. The molecule has 0 aliphatic heterocycles. The number of aliphatic hydroxyl groups is 1. The summed E-state index contributed by atoms with van der Waals surface area (Å²) in [6, 6.07) is 9.90. The lowest BCUT2D eigenvalue weighted by atomic mass is 10.1. The van der Waals surface area contributed by atoms with Gasteiger partial charge in [-0.3, -0.25) is 4.99 Å². The van der Waals surface area contributed by atoms with Gasteiger partial charge < -0.3 is 19.9 Å². The number of hydrogen-bond acceptors (Lipinski definition) is 2. The van der Waals surface area contributed by atoms with E-state index < -0.39 is 6.10 Å². The van der Waals surface area contributed by atoms with E-state index in [4.69, 9.17) is 0 Å². The van der Waals surface area contributed by atoms with E-state index in [0.717, 1.165) is 5.69 Å². The van der Waals surface area contributed by atoms with Crippen molar-refractivity contribution in [1.82, 2.24) is 14.8 Å². The molecule has 0 amide bonds. The molecule has 2 N–H and O–H groups in total. The Morgan fingerprint density at radius 3 is 2.54 bits per heavy atom. The standard InChI is InChI=1S/C17H23FN4O.HI/c1-19-17(22(3)12-15-5-4-10-21(15)2)20-11-16(23)13-6-8-14(18)9-7-13;/h4-10,16,23H,11-12H2,1-3H3,(H,19,20);1H. The number of aliphatic imine (C=N–C) groups is 1. The number of hydrogen-bond donors (Lipinski definition) is 2. The third-order valence-electron chi connectivity index (χ3n) is 3.73. The molecular weight excluding hydrogens is 422 g/mol. The maximum atomic E-state index is 12.9. The number of nitrogens with zero attached hydrogens (tertiary/aromatic N) is 3. The smallest absolute Gasteiger partial charge is 0.193 e. The van der Waals surface area contributed by atoms with Crippen LogP contribution in [0.25, 0.3) is 0 Å². The summed E-state index contributed by atoms with van der Waals surface area (Å²) in [5, 5.41) is 13.3. The van der Waals surface area contributed by atoms with Gasteiger partial charge in [-0.25, -0.2) is 4.39 Å². The fourth-order valence-electron chi connectivity index (χ4n) is 2.35. The van der Waals surface area contributed by atoms with Crippen molar-refractivity contribution in [2.45, 2.75) is 12.6 Å². The number of benzene rings is 1. The highest BCUT2D eigenvalue weighted by Crippen LogP contribution is 2.12. The number of rotatable bonds is 5. The van der Waals surface area contributed by atoms with Crippen LogP contribution in [0.1, 0.15) is 17.4 Å². The van der Waals surface area contributed by atoms with E-state index in [1.54, 1.807) is 19.2 Å². The normalized spacial score (nSPS) is 12.5. The lowest BCUT2D eigenvalue weighted by Gasteiger charge is -2.23. The van der Waals surface area contributed by atoms with Crippen LogP contribution >= 0.6 is 24.0 Å². The minimum Gasteiger partial charge on any atom is -0.387 e. The zero-order chi connectivity index (χ0) is 16.8. The van der Waals surface area contributed by atoms with Gasteiger partial charge in [-0.15, -0.1) is 24.0 Å². The molecule has 0 aliphatic rings. The quantitative estimate of drug-likeness (QED) is 0.422. The first kappa shape index (κ1) is 20.4. The summed E-state index contributed by atoms with van der Waals surface area (Å²) >= 11 is 0. The van der Waals surface area contributed by atoms with Crippen LogP contribution in [0, 0.1) is 5.82 Å². The van der Waals surface area contributed by atoms with Crippen LogP contribution in [0.2, 0.25) is 0 Å². The van der Waals surface area contributed by atoms with Crippen LogP contribution in [0.3, 0.4) is 0 Å². The van der Waals surface area contributed by atoms with Gasteiger partial charge in [-0.1, -0.05) is 12.1 Å². The molecule has 5 nitrogen and oxygen atoms in total. The van der Waals surface area contributed by atoms with Crippen molar-refractivity contribution in [3.8, 4) is 0 Å². The molecule has 132 valence electrons. The average Bonchev–Trinajstić information content (AvgIpc) is 2.93. The van der Waals surface area contributed by atoms with Crippen molar-refractivity contribution in [2.75, 3.05) is 20.6 Å². The van der Waals surface area contributed by atoms with Gasteiger partial charge in [0, 0.05) is 39.6 Å². The molecule has 0 radical (unpaired) electrons. The summed E-state index contributed by atoms with van der Waals surface area (Å²) in [5.41, 5.74) is 1.83. The van der Waals surface area contributed by atoms with Gasteiger partial charge in [-0.2, -0.15) is 0 Å². The van der Waals surface area contributed by atoms with Crippen molar-refractivity contribution in [1.29, 1.82) is 0 Å². The number of halogens is 2. The summed E-state index contributed by atoms with van der Waals surface area (Å²) in [4.78, 5) is 6.21. The zero-order valence-corrected chi connectivity index (χ0v) is 16.4. The van der Waals surface area contributed by atoms with Gasteiger partial charge in [0.05, 0.1) is 12.6 Å². The minimum absolute atomic E-state index is 0. The minimum atomic E-state index is -0.726. The molecule has 0 spiro atoms. The molecule has 24 heavy (non-hydrogen) atoms. The van der Waals surface area contributed by atoms with Gasteiger partial charge in [0.2, 0.25) is 0 Å². The lowest BCUT2D eigenvalue weighted by Crippen LogP contribution is -2.40. The van der Waals surface area contributed by atoms with Crippen molar-refractivity contribution in [3.05, 3.63) is 59.7 Å². The molecule has 1 unspecified atom stereocenters. The molecule has 0 aliphatic carbocycles. The molecule has 1 heterocycles. The predicted octanol–water partition coefficient (Wildman–Crippen LogP) is 2.52. The molecule has 1 atom stereocenters. The monoisotopic (exact) mass is 446 g/mol. The fourth-order valence-corrected chi connectivity index (χ4v) is 2.35. The number of aliphatic hydroxyl groups excluding tert-OH is 1. The zero-order valence-electron chi connectivity index (χ0n) is 14.1. The van der Waals surface area contributed by atoms with Crippen LogP contribution < -0.4 is 5.32 Å². The summed E-state index contributed by atoms with van der Waals surface area (Å²) in [7, 11) is 5.64. The second-order valence-corrected chi connectivity index (χ2v) is 5.46. The van der Waals surface area contributed by atoms with Gasteiger partial charge >= 0.3 is 0 Å². The van der Waals surface area contributed by atoms with Crippen LogP contribution in [0.5, 0.6) is 0 Å². The van der Waals surface area contributed by atoms with Gasteiger partial charge in [0.1, 0.15) is 5.82 Å². The topological polar surface area (TPSA) is 52.8 Å². The van der Waals surface area contributed by atoms with E-state index in [1.807, 2.05) is 31.3 Å². The van der Waals surface area contributed by atoms with E-state index in [1.165, 1.54) is 12.1 Å². The third kappa shape index (κ3) is 5.48. The number of nitrogens with one attached hydrogen (secondary N) is 1. The number of aromatic nitrogens is 1. The van der Waals surface area contributed by atoms with Crippen molar-refractivity contribution in [3.63, 3.8) is 0 Å². The number of aryl methyl sites for hydroxylation is 1. The second kappa shape index (κ2) is 9.63. The maximum absolute atomic E-state index is 12.9. The molecule has 0 saturated carbocycles. The van der Waals surface area contributed by atoms with Gasteiger partial charge in [0.25, 0.3) is 0 Å². The highest BCUT2D eigenvalue weighted by atomic mass is 127. The molecule has 2 rings (SSSR count). The summed E-state index contributed by atoms with van der Waals surface area (Å²) in [6.07, 6.45) is 1.27. The van der Waals surface area contributed by atoms with E-state index >= 15 is 0 Å². The van der Waals surface area contributed by atoms with Crippen LogP contribution in [-0.2, 0) is 13.6 Å². The molecular formula is C17H24FIN4O. The Morgan fingerprint density at radius 2 is 2.00 bits per heavy atom. The van der Waals surface area contributed by atoms with E-state index in [0.29, 0.717) is 24.6 Å². The average molecular weight is 446 g/mol. The summed E-state index contributed by atoms with van der Waals surface area (Å²) in [6.45, 7) is 1.01. The Bertz CT molecular complexity index is 657. The summed E-state index contributed by atoms with van der Waals surface area (Å²) < 4.78 is 15.0. The highest BCUT2D eigenvalue weighted by molar-refractivity contribution is 14.0. The van der Waals surface area contributed by atoms with Crippen LogP contribution in [0.15, 0.2) is 47.6 Å². The Hall–Kier alpha value is -1.61. The molecule has 7 heteroatoms. The first-order chi connectivity index (χ1) is 11.0. The van der Waals surface area contributed by atoms with Gasteiger partial charge in [0.15, 0.2) is 5.96 Å². The van der Waals surface area contributed by atoms with Gasteiger partial charge in [-0.05, 0) is 29.8 Å². The lowest BCUT2D eigenvalue weighted by molar-refractivity contribution is 0.179. The summed E-state index contributed by atoms with van der Waals surface area (Å²) in [5.74, 6) is 0.374. The van der Waals surface area contributed by atoms with E-state index in [9.17, 15) is 9.50 Å². The largest absolute Gasteiger partial charge is 0.387 e. The SMILES string of the molecule is CN=C(NCC(O)c1ccc(F)cc1)N(C)Cc1cccn1C.I. The Morgan fingerprint density at radius 1 is 1.33 bits per heavy atom. The maximum Gasteiger partial charge on any atom is 0.193 e. The van der Waals surface area contributed by atoms with E-state index in [-0.39, 0.29) is 29.8 Å². The molecule has 2 aromatic rings. The Kier molecular flexibility index (Phi) is 8.20. The Labute approximate surface area is 159 Å². The molecule has 1 aromatic heterocycles. The molecule has 0 saturated heterocycles. The van der Waals surface area contributed by atoms with Crippen molar-refractivity contribution >= 4 is 29.9 Å². The number of guanidine groups is 1. The highest BCUT2D eigenvalue weighted by Gasteiger charge is 2.12. The predicted molar refractivity (Wildman–Crippen MR) is 105 cm³/mol. The third-order valence-corrected chi connectivity index (χ3v) is 3.73. The molecule has 1 aromatic carbocycles.